The van der Waals surface area contributed by atoms with Crippen molar-refractivity contribution in [2.24, 2.45) is 45.3 Å². The molecule has 0 spiro atoms. The van der Waals surface area contributed by atoms with Crippen molar-refractivity contribution in [1.82, 2.24) is 14.1 Å². The Hall–Kier alpha value is -6.00. The molecule has 131 heavy (non-hydrogen) atoms. The molecule has 3 saturated carbocycles. The highest BCUT2D eigenvalue weighted by Gasteiger charge is 2.39. The second kappa shape index (κ2) is 52.5. The van der Waals surface area contributed by atoms with E-state index in [1.54, 1.807) is 32.5 Å². The molecule has 0 amide bonds. The molecule has 3 aliphatic rings. The summed E-state index contributed by atoms with van der Waals surface area (Å²) in [5.41, 5.74) is 21.5. The number of nitrogen functional groups attached to an aromatic ring is 2. The van der Waals surface area contributed by atoms with E-state index in [0.29, 0.717) is 73.7 Å². The van der Waals surface area contributed by atoms with Crippen molar-refractivity contribution in [2.75, 3.05) is 42.6 Å². The number of anilines is 2. The Bertz CT molecular complexity index is 4910. The molecule has 3 aliphatic carbocycles. The summed E-state index contributed by atoms with van der Waals surface area (Å²) in [4.78, 5) is 67.8. The van der Waals surface area contributed by atoms with Gasteiger partial charge in [0.15, 0.2) is 0 Å². The Kier molecular flexibility index (Phi) is 47.8. The Labute approximate surface area is 824 Å². The van der Waals surface area contributed by atoms with E-state index in [9.17, 15) is 29.1 Å². The number of carboxylic acid groups (broad SMARTS) is 1. The number of ether oxygens (including phenoxy) is 3. The van der Waals surface area contributed by atoms with Gasteiger partial charge in [-0.05, 0) is 225 Å². The Balaban J connectivity index is 0.000000412. The molecule has 8 aromatic rings. The number of esters is 3. The van der Waals surface area contributed by atoms with E-state index < -0.39 is 27.6 Å². The van der Waals surface area contributed by atoms with E-state index >= 15 is 0 Å². The lowest BCUT2D eigenvalue weighted by molar-refractivity contribution is -0.155. The molecule has 0 saturated heterocycles. The summed E-state index contributed by atoms with van der Waals surface area (Å²) in [6.07, 6.45) is 14.4. The Morgan fingerprint density at radius 1 is 0.481 bits per heavy atom. The number of thioether (sulfide) groups is 4. The number of nitrogens with zero attached hydrogens (tertiary/aromatic N) is 2. The van der Waals surface area contributed by atoms with Crippen molar-refractivity contribution < 1.29 is 43.3 Å². The number of carbonyl (C=O) groups is 5. The standard InChI is InChI=1S/C26H39NO2S.C25H37NO2S.C22H33NO2S.C13H24O3S.C9H14N2.C9H13N.C5H9Br.CH4.ClH/c1-17(2)19-12-13-20-21(14-19)27(16-18-10-9-11-18)22(23(20)30-25(3,4)5)15-26(6,7)24(28)29-8;1-16(2)18-11-12-19-20(13-18)26(15-17-9-8-10-17)21(14-25(6,7)23(27)28)22(19)29-24(3,4)5;1-9-25-20(24)22(7,8)13-18-19(26-21(4,5)6)16-11-10-15(14(2)3)12-17(16)23-18;1-7-16-11(15)13(5,6)8-10(14)9-17-12(2,3)4;1-7(2)8-4-3-5-9(6-8)11-10;1-7(2)8-4-3-5-9(10)6-8;6-4-5-2-1-3-5;;/h12-14,17-18H,9-11,15-16H2,1-8H3;11-13,16-17H,8-10,14-15H2,1-7H3,(H,27,28);10-12,14,23H,9,13H2,1-8H3;7-9H2,1-6H3;3-7,11H,10H2,1-2H3;3-7H,10H2,1-2H3;5H,1-4H2;1H4;1H. The number of fused-ring (bicyclic) bond motifs is 3. The molecule has 0 unspecified atom stereocenters. The highest BCUT2D eigenvalue weighted by molar-refractivity contribution is 9.09. The third-order valence-electron chi connectivity index (χ3n) is 23.5. The average molecular weight is 1970 g/mol. The average Bonchev–Trinajstić information content (AvgIpc) is 1.60. The van der Waals surface area contributed by atoms with Crippen LogP contribution in [-0.4, -0.2) is 99.3 Å². The normalized spacial score (nSPS) is 14.0. The summed E-state index contributed by atoms with van der Waals surface area (Å²) in [7, 11) is 1.49. The molecule has 3 heterocycles. The number of Topliss-reactive ketones (excluding diaryl/α,β-unsaturated/α-hetero) is 1. The van der Waals surface area contributed by atoms with Gasteiger partial charge >= 0.3 is 23.9 Å². The fraction of sp³-hybridized carbons (Fsp3) is 0.627. The molecule has 3 aromatic heterocycles. The van der Waals surface area contributed by atoms with Crippen LogP contribution in [-0.2, 0) is 70.5 Å². The second-order valence-electron chi connectivity index (χ2n) is 43.9. The lowest BCUT2D eigenvalue weighted by Gasteiger charge is -2.29. The number of methoxy groups -OCH3 is 1. The monoisotopic (exact) mass is 1970 g/mol. The van der Waals surface area contributed by atoms with Gasteiger partial charge in [-0.25, -0.2) is 0 Å². The number of aliphatic carboxylic acids is 1. The van der Waals surface area contributed by atoms with Gasteiger partial charge < -0.3 is 44.6 Å². The van der Waals surface area contributed by atoms with Crippen LogP contribution in [0.3, 0.4) is 0 Å². The predicted molar refractivity (Wildman–Crippen MR) is 575 cm³/mol. The fourth-order valence-electron chi connectivity index (χ4n) is 15.0. The highest BCUT2D eigenvalue weighted by Crippen LogP contribution is 2.49. The van der Waals surface area contributed by atoms with Crippen LogP contribution in [0.15, 0.2) is 118 Å². The van der Waals surface area contributed by atoms with E-state index in [-0.39, 0.29) is 68.9 Å². The van der Waals surface area contributed by atoms with E-state index in [4.69, 9.17) is 25.8 Å². The fourth-order valence-corrected chi connectivity index (χ4v) is 19.9. The Morgan fingerprint density at radius 3 is 1.20 bits per heavy atom. The maximum atomic E-state index is 12.6. The quantitative estimate of drug-likeness (QED) is 0.00537. The second-order valence-corrected chi connectivity index (χ2v) is 51.8. The number of aromatic amines is 1. The van der Waals surface area contributed by atoms with E-state index in [0.717, 1.165) is 47.5 Å². The van der Waals surface area contributed by atoms with Crippen LogP contribution in [0.1, 0.15) is 368 Å². The first-order valence-electron chi connectivity index (χ1n) is 47.5. The first kappa shape index (κ1) is 119. The van der Waals surface area contributed by atoms with E-state index in [2.05, 4.69) is 261 Å². The third kappa shape index (κ3) is 38.1. The predicted octanol–water partition coefficient (Wildman–Crippen LogP) is 31.4. The number of nitrogens with one attached hydrogen (secondary N) is 2. The molecular formula is C110H174BrClN6O9S4. The molecular weight excluding hydrogens is 1790 g/mol. The number of carboxylic acids is 1. The van der Waals surface area contributed by atoms with Crippen molar-refractivity contribution in [3.05, 3.63) is 148 Å². The smallest absolute Gasteiger partial charge is 0.311 e. The molecule has 736 valence electrons. The minimum atomic E-state index is -0.792. The minimum absolute atomic E-state index is 0. The van der Waals surface area contributed by atoms with Crippen LogP contribution in [0.4, 0.5) is 11.4 Å². The zero-order valence-corrected chi connectivity index (χ0v) is 91.7. The number of alkyl halides is 1. The largest absolute Gasteiger partial charge is 0.481 e. The topological polar surface area (TPSA) is 223 Å². The van der Waals surface area contributed by atoms with Crippen LogP contribution in [0, 0.1) is 39.4 Å². The summed E-state index contributed by atoms with van der Waals surface area (Å²) in [5.74, 6) is 9.59. The molecule has 15 nitrogen and oxygen atoms in total. The van der Waals surface area contributed by atoms with Gasteiger partial charge in [-0.2, -0.15) is 0 Å². The number of carbonyl (C=O) groups excluding carboxylic acids is 4. The zero-order valence-electron chi connectivity index (χ0n) is 86.1. The van der Waals surface area contributed by atoms with Gasteiger partial charge in [0.1, 0.15) is 5.78 Å². The number of ketones is 1. The van der Waals surface area contributed by atoms with Crippen molar-refractivity contribution in [2.45, 2.75) is 389 Å². The molecule has 0 aliphatic heterocycles. The molecule has 0 atom stereocenters. The number of aromatic nitrogens is 3. The lowest BCUT2D eigenvalue weighted by Crippen LogP contribution is -2.30. The van der Waals surface area contributed by atoms with E-state index in [1.165, 1.54) is 151 Å². The lowest BCUT2D eigenvalue weighted by atomic mass is 9.84. The molecule has 5 aromatic carbocycles. The molecule has 3 fully saturated rings. The van der Waals surface area contributed by atoms with Gasteiger partial charge in [0.05, 0.1) is 47.7 Å². The zero-order chi connectivity index (χ0) is 97.4. The molecule has 0 bridgehead atoms. The number of hydrogen-bond acceptors (Lipinski definition) is 15. The minimum Gasteiger partial charge on any atom is -0.481 e. The number of rotatable bonds is 30. The van der Waals surface area contributed by atoms with Crippen LogP contribution in [0.25, 0.3) is 32.7 Å². The van der Waals surface area contributed by atoms with Crippen molar-refractivity contribution in [3.63, 3.8) is 0 Å². The van der Waals surface area contributed by atoms with Crippen molar-refractivity contribution >= 4 is 149 Å². The van der Waals surface area contributed by atoms with Crippen molar-refractivity contribution in [1.29, 1.82) is 0 Å². The summed E-state index contributed by atoms with van der Waals surface area (Å²) in [5, 5.41) is 14.9. The van der Waals surface area contributed by atoms with Gasteiger partial charge in [-0.1, -0.05) is 256 Å². The first-order valence-corrected chi connectivity index (χ1v) is 52.1. The van der Waals surface area contributed by atoms with Crippen molar-refractivity contribution in [3.8, 4) is 0 Å². The number of hydrazine groups is 1. The van der Waals surface area contributed by atoms with Crippen LogP contribution in [0.5, 0.6) is 0 Å². The maximum Gasteiger partial charge on any atom is 0.311 e. The molecule has 21 heteroatoms. The third-order valence-corrected chi connectivity index (χ3v) is 29.6. The van der Waals surface area contributed by atoms with Gasteiger partial charge in [0.25, 0.3) is 0 Å². The number of benzene rings is 5. The number of hydrogen-bond donors (Lipinski definition) is 5. The number of H-pyrrole nitrogens is 1. The number of halogens is 2. The highest BCUT2D eigenvalue weighted by atomic mass is 79.9. The van der Waals surface area contributed by atoms with E-state index in [1.807, 2.05) is 114 Å². The molecule has 11 rings (SSSR count). The SMILES string of the molecule is BrCC1CCC1.C.CC(C)c1ccc2c(SC(C)(C)C)c(CC(C)(C)C(=O)O)n(CC3CCC3)c2c1.CC(C)c1cccc(N)c1.CC(C)c1cccc(NN)c1.CCOC(=O)C(C)(C)CC(=O)CSC(C)(C)C.CCOC(=O)C(C)(C)Cc1[nH]c2cc(C(C)C)ccc2c1SC(C)(C)C.COC(=O)C(C)(C)Cc1c(SC(C)(C)C)c2ccc(C(C)C)cc2n1CC1CCC1.Cl. The summed E-state index contributed by atoms with van der Waals surface area (Å²) < 4.78 is 20.7. The molecule has 0 radical (unpaired) electrons. The van der Waals surface area contributed by atoms with Gasteiger partial charge in [-0.15, -0.1) is 59.5 Å². The van der Waals surface area contributed by atoms with Crippen LogP contribution >= 0.6 is 75.4 Å². The summed E-state index contributed by atoms with van der Waals surface area (Å²) in [6, 6.07) is 36.7. The summed E-state index contributed by atoms with van der Waals surface area (Å²) >= 11 is 10.7. The number of nitrogens with two attached hydrogens (primary N) is 2. The Morgan fingerprint density at radius 2 is 0.855 bits per heavy atom. The van der Waals surface area contributed by atoms with Crippen LogP contribution < -0.4 is 17.0 Å². The summed E-state index contributed by atoms with van der Waals surface area (Å²) in [6.45, 7) is 70.0. The van der Waals surface area contributed by atoms with Gasteiger partial charge in [0, 0.05) is 139 Å². The maximum absolute atomic E-state index is 12.6. The van der Waals surface area contributed by atoms with Gasteiger partial charge in [-0.3, -0.25) is 29.8 Å². The first-order chi connectivity index (χ1) is 59.7. The molecule has 7 N–H and O–H groups in total. The van der Waals surface area contributed by atoms with Gasteiger partial charge in [0.2, 0.25) is 0 Å². The van der Waals surface area contributed by atoms with Crippen LogP contribution in [0.2, 0.25) is 0 Å².